The van der Waals surface area contributed by atoms with Crippen molar-refractivity contribution in [1.29, 1.82) is 0 Å². The Labute approximate surface area is 113 Å². The van der Waals surface area contributed by atoms with Crippen molar-refractivity contribution in [3.63, 3.8) is 0 Å². The fourth-order valence-electron chi connectivity index (χ4n) is 2.35. The second kappa shape index (κ2) is 4.65. The number of nitrogens with zero attached hydrogens (tertiary/aromatic N) is 3. The summed E-state index contributed by atoms with van der Waals surface area (Å²) in [7, 11) is 0. The maximum atomic E-state index is 6.18. The zero-order valence-corrected chi connectivity index (χ0v) is 12.5. The van der Waals surface area contributed by atoms with Crippen LogP contribution in [0, 0.1) is 5.41 Å². The van der Waals surface area contributed by atoms with Crippen LogP contribution in [0.4, 0.5) is 0 Å². The Balaban J connectivity index is 2.96. The highest BCUT2D eigenvalue weighted by Crippen LogP contribution is 2.35. The van der Waals surface area contributed by atoms with Gasteiger partial charge in [0, 0.05) is 5.54 Å². The molecule has 0 spiro atoms. The number of hydrogen-bond acceptors (Lipinski definition) is 4. The first kappa shape index (κ1) is 14.6. The van der Waals surface area contributed by atoms with Crippen molar-refractivity contribution in [3.05, 3.63) is 0 Å². The number of aliphatic imine (C=N–C) groups is 2. The van der Waals surface area contributed by atoms with E-state index in [9.17, 15) is 0 Å². The maximum Gasteiger partial charge on any atom is 0.221 e. The van der Waals surface area contributed by atoms with E-state index in [0.717, 1.165) is 6.42 Å². The zero-order valence-electron chi connectivity index (χ0n) is 11.0. The van der Waals surface area contributed by atoms with E-state index in [4.69, 9.17) is 28.9 Å². The Kier molecular flexibility index (Phi) is 3.99. The van der Waals surface area contributed by atoms with Crippen LogP contribution in [0.1, 0.15) is 41.0 Å². The van der Waals surface area contributed by atoms with E-state index in [0.29, 0.717) is 5.29 Å². The van der Waals surface area contributed by atoms with Crippen molar-refractivity contribution in [1.82, 2.24) is 4.90 Å². The summed E-state index contributed by atoms with van der Waals surface area (Å²) in [6, 6.07) is 0. The predicted molar refractivity (Wildman–Crippen MR) is 74.5 cm³/mol. The Hall–Kier alpha value is -0.480. The van der Waals surface area contributed by atoms with Crippen LogP contribution in [0.3, 0.4) is 0 Å². The molecule has 0 aromatic rings. The van der Waals surface area contributed by atoms with Crippen LogP contribution in [-0.2, 0) is 0 Å². The van der Waals surface area contributed by atoms with Crippen molar-refractivity contribution < 1.29 is 0 Å². The molecule has 1 rings (SSSR count). The van der Waals surface area contributed by atoms with Gasteiger partial charge in [-0.2, -0.15) is 4.99 Å². The van der Waals surface area contributed by atoms with Crippen LogP contribution in [-0.4, -0.2) is 27.3 Å². The first-order valence-corrected chi connectivity index (χ1v) is 6.35. The highest BCUT2D eigenvalue weighted by molar-refractivity contribution is 6.65. The smallest absolute Gasteiger partial charge is 0.221 e. The second-order valence-corrected chi connectivity index (χ2v) is 6.83. The van der Waals surface area contributed by atoms with Gasteiger partial charge in [-0.3, -0.25) is 0 Å². The van der Waals surface area contributed by atoms with E-state index in [-0.39, 0.29) is 16.9 Å². The van der Waals surface area contributed by atoms with E-state index >= 15 is 0 Å². The summed E-state index contributed by atoms with van der Waals surface area (Å²) in [6.07, 6.45) is 0.907. The summed E-state index contributed by atoms with van der Waals surface area (Å²) in [4.78, 5) is 9.78. The van der Waals surface area contributed by atoms with Crippen LogP contribution in [0.2, 0.25) is 0 Å². The highest BCUT2D eigenvalue weighted by Gasteiger charge is 2.38. The number of halogens is 2. The van der Waals surface area contributed by atoms with Crippen LogP contribution >= 0.6 is 23.2 Å². The number of hydrogen-bond donors (Lipinski definition) is 1. The Morgan fingerprint density at radius 3 is 2.24 bits per heavy atom. The van der Waals surface area contributed by atoms with Crippen LogP contribution in [0.5, 0.6) is 0 Å². The molecule has 0 saturated carbocycles. The molecular weight excluding hydrogens is 259 g/mol. The molecule has 6 heteroatoms. The van der Waals surface area contributed by atoms with Crippen molar-refractivity contribution >= 4 is 34.5 Å². The van der Waals surface area contributed by atoms with Gasteiger partial charge in [-0.15, -0.1) is 0 Å². The fourth-order valence-corrected chi connectivity index (χ4v) is 3.27. The van der Waals surface area contributed by atoms with Gasteiger partial charge in [0.15, 0.2) is 0 Å². The SMILES string of the molecule is CC(C)(C)CC(C)(C)N1C(Cl)=NC(N)=NC1Cl. The van der Waals surface area contributed by atoms with Crippen molar-refractivity contribution in [2.24, 2.45) is 21.1 Å². The highest BCUT2D eigenvalue weighted by atomic mass is 35.5. The molecule has 0 amide bonds. The minimum atomic E-state index is -0.600. The third-order valence-electron chi connectivity index (χ3n) is 2.47. The molecule has 1 aliphatic rings. The number of alkyl halides is 1. The topological polar surface area (TPSA) is 54.0 Å². The summed E-state index contributed by atoms with van der Waals surface area (Å²) >= 11 is 12.3. The molecule has 4 nitrogen and oxygen atoms in total. The van der Waals surface area contributed by atoms with Crippen molar-refractivity contribution in [2.75, 3.05) is 0 Å². The molecule has 17 heavy (non-hydrogen) atoms. The molecule has 2 N–H and O–H groups in total. The predicted octanol–water partition coefficient (Wildman–Crippen LogP) is 2.95. The molecule has 1 heterocycles. The second-order valence-electron chi connectivity index (χ2n) is 6.10. The summed E-state index contributed by atoms with van der Waals surface area (Å²) in [5.74, 6) is 0.123. The average molecular weight is 279 g/mol. The van der Waals surface area contributed by atoms with E-state index in [1.165, 1.54) is 0 Å². The molecule has 1 unspecified atom stereocenters. The third kappa shape index (κ3) is 3.75. The zero-order chi connectivity index (χ0) is 13.4. The molecule has 0 fully saturated rings. The molecule has 1 atom stereocenters. The molecule has 0 aromatic carbocycles. The largest absolute Gasteiger partial charge is 0.368 e. The Morgan fingerprint density at radius 1 is 1.29 bits per heavy atom. The molecule has 0 aliphatic carbocycles. The Morgan fingerprint density at radius 2 is 1.82 bits per heavy atom. The van der Waals surface area contributed by atoms with Crippen molar-refractivity contribution in [3.8, 4) is 0 Å². The molecule has 1 aliphatic heterocycles. The minimum Gasteiger partial charge on any atom is -0.368 e. The lowest BCUT2D eigenvalue weighted by Crippen LogP contribution is -2.53. The summed E-state index contributed by atoms with van der Waals surface area (Å²) in [5.41, 5.74) is 4.83. The fraction of sp³-hybridized carbons (Fsp3) is 0.818. The normalized spacial score (nSPS) is 22.3. The van der Waals surface area contributed by atoms with E-state index in [1.54, 1.807) is 4.90 Å². The van der Waals surface area contributed by atoms with Gasteiger partial charge >= 0.3 is 0 Å². The molecule has 0 aromatic heterocycles. The summed E-state index contributed by atoms with van der Waals surface area (Å²) in [6.45, 7) is 10.7. The lowest BCUT2D eigenvalue weighted by atomic mass is 9.81. The van der Waals surface area contributed by atoms with Gasteiger partial charge in [-0.25, -0.2) is 4.99 Å². The van der Waals surface area contributed by atoms with Crippen LogP contribution in [0.15, 0.2) is 9.98 Å². The quantitative estimate of drug-likeness (QED) is 0.624. The maximum absolute atomic E-state index is 6.18. The monoisotopic (exact) mass is 278 g/mol. The van der Waals surface area contributed by atoms with Gasteiger partial charge in [-0.1, -0.05) is 32.4 Å². The van der Waals surface area contributed by atoms with Gasteiger partial charge in [-0.05, 0) is 37.3 Å². The molecule has 0 radical (unpaired) electrons. The van der Waals surface area contributed by atoms with Crippen LogP contribution < -0.4 is 5.73 Å². The number of amidine groups is 1. The average Bonchev–Trinajstić information content (AvgIpc) is 1.93. The first-order valence-electron chi connectivity index (χ1n) is 5.54. The first-order chi connectivity index (χ1) is 7.53. The van der Waals surface area contributed by atoms with Gasteiger partial charge in [0.2, 0.25) is 16.9 Å². The minimum absolute atomic E-state index is 0.123. The van der Waals surface area contributed by atoms with Gasteiger partial charge in [0.25, 0.3) is 0 Å². The number of rotatable bonds is 2. The lowest BCUT2D eigenvalue weighted by molar-refractivity contribution is 0.136. The van der Waals surface area contributed by atoms with Gasteiger partial charge < -0.3 is 10.6 Å². The van der Waals surface area contributed by atoms with Gasteiger partial charge in [0.05, 0.1) is 0 Å². The number of guanidine groups is 1. The van der Waals surface area contributed by atoms with Crippen LogP contribution in [0.25, 0.3) is 0 Å². The van der Waals surface area contributed by atoms with Gasteiger partial charge in [0.1, 0.15) is 0 Å². The summed E-state index contributed by atoms with van der Waals surface area (Å²) < 4.78 is 0. The third-order valence-corrected chi connectivity index (χ3v) is 3.03. The number of nitrogens with two attached hydrogens (primary N) is 1. The molecule has 0 bridgehead atoms. The van der Waals surface area contributed by atoms with E-state index in [2.05, 4.69) is 44.6 Å². The Bertz CT molecular complexity index is 355. The molecular formula is C11H20Cl2N4. The molecule has 0 saturated heterocycles. The van der Waals surface area contributed by atoms with E-state index in [1.807, 2.05) is 0 Å². The summed E-state index contributed by atoms with van der Waals surface area (Å²) in [5, 5.41) is 0.298. The molecule has 98 valence electrons. The standard InChI is InChI=1S/C11H20Cl2N4/c1-10(2,3)6-11(4,5)17-7(12)15-9(14)16-8(17)13/h7H,6H2,1-5H3,(H2,14,15). The van der Waals surface area contributed by atoms with E-state index < -0.39 is 5.62 Å². The lowest BCUT2D eigenvalue weighted by Gasteiger charge is -2.44. The van der Waals surface area contributed by atoms with Crippen molar-refractivity contribution in [2.45, 2.75) is 52.2 Å².